The number of aryl methyl sites for hydroxylation is 2. The van der Waals surface area contributed by atoms with Gasteiger partial charge in [0.25, 0.3) is 0 Å². The number of ether oxygens (including phenoxy) is 1. The maximum Gasteiger partial charge on any atom is 0.573 e. The number of nitrogens with one attached hydrogen (secondary N) is 1. The van der Waals surface area contributed by atoms with Crippen molar-refractivity contribution < 1.29 is 27.8 Å². The number of carbonyl (C=O) groups is 1. The normalized spacial score (nSPS) is 12.5. The Bertz CT molecular complexity index is 822. The van der Waals surface area contributed by atoms with Gasteiger partial charge >= 0.3 is 6.36 Å². The lowest BCUT2D eigenvalue weighted by atomic mass is 10.1. The number of hydrogen-bond donors (Lipinski definition) is 2. The Balaban J connectivity index is 1.84. The Kier molecular flexibility index (Phi) is 7.86. The fourth-order valence-electron chi connectivity index (χ4n) is 2.71. The number of nitrogens with zero attached hydrogens (tertiary/aromatic N) is 2. The van der Waals surface area contributed by atoms with E-state index >= 15 is 0 Å². The minimum absolute atomic E-state index is 0.0574. The number of alkyl halides is 3. The van der Waals surface area contributed by atoms with Crippen molar-refractivity contribution in [1.29, 1.82) is 0 Å². The summed E-state index contributed by atoms with van der Waals surface area (Å²) in [4.78, 5) is 20.8. The molecule has 10 heteroatoms. The molecule has 0 spiro atoms. The molecule has 0 aliphatic rings. The van der Waals surface area contributed by atoms with Crippen LogP contribution in [0.5, 0.6) is 5.75 Å². The number of aliphatic hydroxyl groups is 1. The second-order valence-electron chi connectivity index (χ2n) is 6.30. The summed E-state index contributed by atoms with van der Waals surface area (Å²) in [6.07, 6.45) is -3.26. The van der Waals surface area contributed by atoms with Crippen molar-refractivity contribution in [3.05, 3.63) is 46.8 Å². The summed E-state index contributed by atoms with van der Waals surface area (Å²) in [6.45, 7) is 3.69. The third-order valence-corrected chi connectivity index (χ3v) is 4.72. The van der Waals surface area contributed by atoms with Crippen LogP contribution in [0.2, 0.25) is 0 Å². The highest BCUT2D eigenvalue weighted by Crippen LogP contribution is 2.24. The van der Waals surface area contributed by atoms with Crippen LogP contribution in [0.15, 0.2) is 29.4 Å². The van der Waals surface area contributed by atoms with E-state index in [1.807, 2.05) is 20.1 Å². The molecule has 0 saturated carbocycles. The van der Waals surface area contributed by atoms with E-state index in [9.17, 15) is 23.1 Å². The number of aromatic nitrogens is 2. The molecule has 6 nitrogen and oxygen atoms in total. The Morgan fingerprint density at radius 1 is 1.21 bits per heavy atom. The fraction of sp³-hybridized carbons (Fsp3) is 0.421. The van der Waals surface area contributed by atoms with Crippen molar-refractivity contribution in [3.8, 4) is 5.75 Å². The molecule has 0 fully saturated rings. The van der Waals surface area contributed by atoms with Crippen LogP contribution in [0.3, 0.4) is 0 Å². The van der Waals surface area contributed by atoms with Crippen LogP contribution in [0.25, 0.3) is 0 Å². The van der Waals surface area contributed by atoms with E-state index in [0.717, 1.165) is 29.1 Å². The van der Waals surface area contributed by atoms with Crippen LogP contribution >= 0.6 is 11.8 Å². The Labute approximate surface area is 170 Å². The van der Waals surface area contributed by atoms with E-state index in [-0.39, 0.29) is 24.6 Å². The fourth-order valence-corrected chi connectivity index (χ4v) is 3.17. The van der Waals surface area contributed by atoms with Gasteiger partial charge in [-0.25, -0.2) is 9.97 Å². The molecule has 1 atom stereocenters. The molecular formula is C19H22F3N3O3S. The Morgan fingerprint density at radius 2 is 1.79 bits per heavy atom. The summed E-state index contributed by atoms with van der Waals surface area (Å²) in [6, 6.07) is 4.85. The molecule has 0 aliphatic heterocycles. The monoisotopic (exact) mass is 429 g/mol. The minimum atomic E-state index is -4.77. The van der Waals surface area contributed by atoms with Gasteiger partial charge in [-0.3, -0.25) is 4.79 Å². The molecule has 158 valence electrons. The van der Waals surface area contributed by atoms with Crippen molar-refractivity contribution in [2.24, 2.45) is 0 Å². The number of amides is 1. The standard InChI is InChI=1S/C19H22F3N3O3S/c1-11-15(12(2)25-18(24-11)29-3)8-9-17(27)23-10-16(26)13-4-6-14(7-5-13)28-19(20,21)22/h4-7,16,26H,8-10H2,1-3H3,(H,23,27). The number of rotatable bonds is 8. The Hall–Kier alpha value is -2.33. The lowest BCUT2D eigenvalue weighted by Gasteiger charge is -2.14. The molecule has 1 aromatic carbocycles. The number of hydrogen-bond acceptors (Lipinski definition) is 6. The van der Waals surface area contributed by atoms with Crippen molar-refractivity contribution >= 4 is 17.7 Å². The number of halogens is 3. The highest BCUT2D eigenvalue weighted by molar-refractivity contribution is 7.98. The summed E-state index contributed by atoms with van der Waals surface area (Å²) in [5, 5.41) is 13.4. The summed E-state index contributed by atoms with van der Waals surface area (Å²) in [5.41, 5.74) is 2.94. The van der Waals surface area contributed by atoms with E-state index in [0.29, 0.717) is 17.1 Å². The van der Waals surface area contributed by atoms with E-state index in [2.05, 4.69) is 20.0 Å². The maximum absolute atomic E-state index is 12.2. The van der Waals surface area contributed by atoms with Gasteiger partial charge in [0, 0.05) is 24.4 Å². The van der Waals surface area contributed by atoms with Crippen LogP contribution in [-0.2, 0) is 11.2 Å². The molecule has 0 aliphatic carbocycles. The highest BCUT2D eigenvalue weighted by atomic mass is 32.2. The van der Waals surface area contributed by atoms with Gasteiger partial charge < -0.3 is 15.2 Å². The van der Waals surface area contributed by atoms with E-state index < -0.39 is 12.5 Å². The topological polar surface area (TPSA) is 84.3 Å². The zero-order valence-electron chi connectivity index (χ0n) is 16.2. The first-order valence-electron chi connectivity index (χ1n) is 8.77. The van der Waals surface area contributed by atoms with Gasteiger partial charge in [-0.2, -0.15) is 0 Å². The molecule has 1 amide bonds. The van der Waals surface area contributed by atoms with E-state index in [4.69, 9.17) is 0 Å². The van der Waals surface area contributed by atoms with E-state index in [1.54, 1.807) is 0 Å². The highest BCUT2D eigenvalue weighted by Gasteiger charge is 2.31. The first kappa shape index (κ1) is 23.0. The molecular weight excluding hydrogens is 407 g/mol. The van der Waals surface area contributed by atoms with Gasteiger partial charge in [0.05, 0.1) is 6.10 Å². The number of aliphatic hydroxyl groups excluding tert-OH is 1. The third-order valence-electron chi connectivity index (χ3n) is 4.18. The predicted octanol–water partition coefficient (Wildman–Crippen LogP) is 3.50. The lowest BCUT2D eigenvalue weighted by Crippen LogP contribution is -2.28. The second kappa shape index (κ2) is 9.93. The quantitative estimate of drug-likeness (QED) is 0.494. The molecule has 0 bridgehead atoms. The SMILES string of the molecule is CSc1nc(C)c(CCC(=O)NCC(O)c2ccc(OC(F)(F)F)cc2)c(C)n1. The number of benzene rings is 1. The van der Waals surface area contributed by atoms with Gasteiger partial charge in [0.2, 0.25) is 5.91 Å². The number of carbonyl (C=O) groups excluding carboxylic acids is 1. The smallest absolute Gasteiger partial charge is 0.406 e. The molecule has 1 aromatic heterocycles. The zero-order chi connectivity index (χ0) is 21.6. The molecule has 1 unspecified atom stereocenters. The average molecular weight is 429 g/mol. The van der Waals surface area contributed by atoms with Crippen LogP contribution in [0, 0.1) is 13.8 Å². The van der Waals surface area contributed by atoms with Gasteiger partial charge in [0.1, 0.15) is 5.75 Å². The van der Waals surface area contributed by atoms with E-state index in [1.165, 1.54) is 23.9 Å². The molecule has 2 aromatic rings. The van der Waals surface area contributed by atoms with Crippen LogP contribution in [-0.4, -0.2) is 40.1 Å². The largest absolute Gasteiger partial charge is 0.573 e. The molecule has 0 saturated heterocycles. The van der Waals surface area contributed by atoms with Gasteiger partial charge in [-0.05, 0) is 49.8 Å². The summed E-state index contributed by atoms with van der Waals surface area (Å²) in [7, 11) is 0. The number of thioether (sulfide) groups is 1. The minimum Gasteiger partial charge on any atom is -0.406 e. The average Bonchev–Trinajstić information content (AvgIpc) is 2.64. The van der Waals surface area contributed by atoms with Gasteiger partial charge in [-0.1, -0.05) is 23.9 Å². The first-order valence-corrected chi connectivity index (χ1v) is 10.00. The molecule has 0 radical (unpaired) electrons. The van der Waals surface area contributed by atoms with Gasteiger partial charge in [0.15, 0.2) is 5.16 Å². The van der Waals surface area contributed by atoms with Crippen molar-refractivity contribution in [3.63, 3.8) is 0 Å². The van der Waals surface area contributed by atoms with Gasteiger partial charge in [-0.15, -0.1) is 13.2 Å². The first-order chi connectivity index (χ1) is 13.6. The van der Waals surface area contributed by atoms with Crippen LogP contribution < -0.4 is 10.1 Å². The predicted molar refractivity (Wildman–Crippen MR) is 103 cm³/mol. The Morgan fingerprint density at radius 3 is 2.31 bits per heavy atom. The van der Waals surface area contributed by atoms with Crippen molar-refractivity contribution in [1.82, 2.24) is 15.3 Å². The van der Waals surface area contributed by atoms with Crippen LogP contribution in [0.4, 0.5) is 13.2 Å². The summed E-state index contributed by atoms with van der Waals surface area (Å²) >= 11 is 1.45. The zero-order valence-corrected chi connectivity index (χ0v) is 17.0. The maximum atomic E-state index is 12.2. The molecule has 2 N–H and O–H groups in total. The third kappa shape index (κ3) is 7.21. The lowest BCUT2D eigenvalue weighted by molar-refractivity contribution is -0.274. The van der Waals surface area contributed by atoms with Crippen molar-refractivity contribution in [2.75, 3.05) is 12.8 Å². The molecule has 1 heterocycles. The second-order valence-corrected chi connectivity index (χ2v) is 7.07. The summed E-state index contributed by atoms with van der Waals surface area (Å²) in [5.74, 6) is -0.633. The molecule has 29 heavy (non-hydrogen) atoms. The summed E-state index contributed by atoms with van der Waals surface area (Å²) < 4.78 is 40.3. The molecule has 2 rings (SSSR count). The van der Waals surface area contributed by atoms with Crippen LogP contribution in [0.1, 0.15) is 35.0 Å². The van der Waals surface area contributed by atoms with Crippen molar-refractivity contribution in [2.45, 2.75) is 44.3 Å².